The average molecular weight is 325 g/mol. The molecule has 2 rings (SSSR count). The minimum absolute atomic E-state index is 0.0847. The number of carbonyl (C=O) groups is 2. The van der Waals surface area contributed by atoms with Gasteiger partial charge in [0, 0.05) is 10.9 Å². The maximum atomic E-state index is 11.6. The normalized spacial score (nSPS) is 10.3. The summed E-state index contributed by atoms with van der Waals surface area (Å²) >= 11 is 2.85. The van der Waals surface area contributed by atoms with Gasteiger partial charge >= 0.3 is 0 Å². The van der Waals surface area contributed by atoms with E-state index in [2.05, 4.69) is 15.8 Å². The summed E-state index contributed by atoms with van der Waals surface area (Å²) in [6.07, 6.45) is 0. The van der Waals surface area contributed by atoms with Gasteiger partial charge in [0.05, 0.1) is 18.1 Å². The van der Waals surface area contributed by atoms with Crippen LogP contribution >= 0.6 is 23.1 Å². The lowest BCUT2D eigenvalue weighted by Gasteiger charge is -2.03. The van der Waals surface area contributed by atoms with Gasteiger partial charge in [-0.25, -0.2) is 0 Å². The molecule has 2 amide bonds. The molecule has 0 fully saturated rings. The zero-order valence-electron chi connectivity index (χ0n) is 11.4. The number of thiophene rings is 1. The molecular weight excluding hydrogens is 310 g/mol. The number of rotatable bonds is 7. The summed E-state index contributed by atoms with van der Waals surface area (Å²) in [5.74, 6) is 1.17. The summed E-state index contributed by atoms with van der Waals surface area (Å²) in [6, 6.07) is 5.54. The van der Waals surface area contributed by atoms with Gasteiger partial charge in [0.1, 0.15) is 5.76 Å². The van der Waals surface area contributed by atoms with E-state index in [4.69, 9.17) is 4.52 Å². The molecule has 0 radical (unpaired) electrons. The average Bonchev–Trinajstić information content (AvgIpc) is 3.08. The van der Waals surface area contributed by atoms with Crippen LogP contribution in [0.4, 0.5) is 5.82 Å². The van der Waals surface area contributed by atoms with Crippen molar-refractivity contribution in [3.63, 3.8) is 0 Å². The second-order valence-corrected chi connectivity index (χ2v) is 6.24. The molecule has 6 nitrogen and oxygen atoms in total. The molecule has 112 valence electrons. The number of hydrogen-bond donors (Lipinski definition) is 2. The molecule has 2 aromatic heterocycles. The van der Waals surface area contributed by atoms with Gasteiger partial charge in [-0.05, 0) is 18.4 Å². The van der Waals surface area contributed by atoms with Gasteiger partial charge in [0.25, 0.3) is 0 Å². The summed E-state index contributed by atoms with van der Waals surface area (Å²) in [7, 11) is 0. The molecule has 0 unspecified atom stereocenters. The lowest BCUT2D eigenvalue weighted by molar-refractivity contribution is -0.118. The van der Waals surface area contributed by atoms with E-state index in [0.717, 1.165) is 4.88 Å². The number of nitrogens with one attached hydrogen (secondary N) is 2. The van der Waals surface area contributed by atoms with Crippen molar-refractivity contribution >= 4 is 40.7 Å². The quantitative estimate of drug-likeness (QED) is 0.814. The SMILES string of the molecule is Cc1cc(NC(=O)CSCC(=O)NCc2cccs2)no1. The number of amides is 2. The molecule has 0 aliphatic heterocycles. The van der Waals surface area contributed by atoms with Gasteiger partial charge in [-0.15, -0.1) is 23.1 Å². The molecule has 0 spiro atoms. The second-order valence-electron chi connectivity index (χ2n) is 4.22. The number of anilines is 1. The maximum Gasteiger partial charge on any atom is 0.235 e. The Labute approximate surface area is 130 Å². The van der Waals surface area contributed by atoms with Crippen LogP contribution in [0.3, 0.4) is 0 Å². The van der Waals surface area contributed by atoms with Crippen molar-refractivity contribution in [3.05, 3.63) is 34.2 Å². The third-order valence-corrected chi connectivity index (χ3v) is 4.21. The highest BCUT2D eigenvalue weighted by Gasteiger charge is 2.08. The summed E-state index contributed by atoms with van der Waals surface area (Å²) in [5.41, 5.74) is 0. The van der Waals surface area contributed by atoms with Crippen LogP contribution in [0.2, 0.25) is 0 Å². The van der Waals surface area contributed by atoms with Crippen LogP contribution in [0.15, 0.2) is 28.1 Å². The van der Waals surface area contributed by atoms with Gasteiger partial charge in [-0.3, -0.25) is 9.59 Å². The third-order valence-electron chi connectivity index (χ3n) is 2.40. The second kappa shape index (κ2) is 7.84. The van der Waals surface area contributed by atoms with E-state index in [9.17, 15) is 9.59 Å². The van der Waals surface area contributed by atoms with Crippen molar-refractivity contribution in [2.45, 2.75) is 13.5 Å². The zero-order valence-corrected chi connectivity index (χ0v) is 13.1. The Balaban J connectivity index is 1.60. The van der Waals surface area contributed by atoms with Crippen LogP contribution in [0.1, 0.15) is 10.6 Å². The molecule has 0 saturated heterocycles. The molecule has 2 heterocycles. The van der Waals surface area contributed by atoms with Crippen LogP contribution in [0, 0.1) is 6.92 Å². The molecule has 0 bridgehead atoms. The number of carbonyl (C=O) groups excluding carboxylic acids is 2. The van der Waals surface area contributed by atoms with Gasteiger partial charge in [0.2, 0.25) is 11.8 Å². The number of aryl methyl sites for hydroxylation is 1. The summed E-state index contributed by atoms with van der Waals surface area (Å²) in [5, 5.41) is 11.0. The van der Waals surface area contributed by atoms with Crippen molar-refractivity contribution in [2.24, 2.45) is 0 Å². The van der Waals surface area contributed by atoms with Crippen molar-refractivity contribution in [1.82, 2.24) is 10.5 Å². The van der Waals surface area contributed by atoms with Crippen LogP contribution in [0.5, 0.6) is 0 Å². The van der Waals surface area contributed by atoms with Gasteiger partial charge in [0.15, 0.2) is 5.82 Å². The summed E-state index contributed by atoms with van der Waals surface area (Å²) in [4.78, 5) is 24.3. The first-order chi connectivity index (χ1) is 10.1. The topological polar surface area (TPSA) is 84.2 Å². The molecule has 0 aromatic carbocycles. The fraction of sp³-hybridized carbons (Fsp3) is 0.308. The Morgan fingerprint density at radius 2 is 2.19 bits per heavy atom. The van der Waals surface area contributed by atoms with E-state index in [-0.39, 0.29) is 23.3 Å². The molecule has 0 aliphatic rings. The Morgan fingerprint density at radius 1 is 1.38 bits per heavy atom. The monoisotopic (exact) mass is 325 g/mol. The van der Waals surface area contributed by atoms with Crippen LogP contribution in [-0.2, 0) is 16.1 Å². The Morgan fingerprint density at radius 3 is 2.86 bits per heavy atom. The molecule has 21 heavy (non-hydrogen) atoms. The van der Waals surface area contributed by atoms with Crippen LogP contribution in [-0.4, -0.2) is 28.5 Å². The lowest BCUT2D eigenvalue weighted by atomic mass is 10.4. The first kappa shape index (κ1) is 15.6. The zero-order chi connectivity index (χ0) is 15.1. The molecule has 0 aliphatic carbocycles. The molecule has 0 saturated carbocycles. The summed E-state index contributed by atoms with van der Waals surface area (Å²) < 4.78 is 4.84. The maximum absolute atomic E-state index is 11.6. The van der Waals surface area contributed by atoms with E-state index in [1.165, 1.54) is 11.8 Å². The molecule has 2 N–H and O–H groups in total. The Bertz CT molecular complexity index is 596. The fourth-order valence-electron chi connectivity index (χ4n) is 1.49. The van der Waals surface area contributed by atoms with E-state index < -0.39 is 0 Å². The van der Waals surface area contributed by atoms with Crippen molar-refractivity contribution in [1.29, 1.82) is 0 Å². The van der Waals surface area contributed by atoms with E-state index in [1.807, 2.05) is 17.5 Å². The van der Waals surface area contributed by atoms with Gasteiger partial charge < -0.3 is 15.2 Å². The van der Waals surface area contributed by atoms with Crippen LogP contribution < -0.4 is 10.6 Å². The predicted octanol–water partition coefficient (Wildman–Crippen LogP) is 2.03. The first-order valence-electron chi connectivity index (χ1n) is 6.23. The Hall–Kier alpha value is -1.80. The van der Waals surface area contributed by atoms with Crippen molar-refractivity contribution in [3.8, 4) is 0 Å². The van der Waals surface area contributed by atoms with Gasteiger partial charge in [-0.2, -0.15) is 0 Å². The largest absolute Gasteiger partial charge is 0.360 e. The molecule has 2 aromatic rings. The van der Waals surface area contributed by atoms with E-state index in [1.54, 1.807) is 24.3 Å². The standard InChI is InChI=1S/C13H15N3O3S2/c1-9-5-11(16-19-9)15-13(18)8-20-7-12(17)14-6-10-3-2-4-21-10/h2-5H,6-8H2,1H3,(H,14,17)(H,15,16,18). The van der Waals surface area contributed by atoms with E-state index in [0.29, 0.717) is 18.1 Å². The predicted molar refractivity (Wildman–Crippen MR) is 83.4 cm³/mol. The van der Waals surface area contributed by atoms with Crippen LogP contribution in [0.25, 0.3) is 0 Å². The highest BCUT2D eigenvalue weighted by molar-refractivity contribution is 8.00. The fourth-order valence-corrected chi connectivity index (χ4v) is 2.78. The number of nitrogens with zero attached hydrogens (tertiary/aromatic N) is 1. The van der Waals surface area contributed by atoms with Gasteiger partial charge in [-0.1, -0.05) is 11.2 Å². The molecule has 0 atom stereocenters. The number of thioether (sulfide) groups is 1. The van der Waals surface area contributed by atoms with E-state index >= 15 is 0 Å². The lowest BCUT2D eigenvalue weighted by Crippen LogP contribution is -2.25. The number of aromatic nitrogens is 1. The Kier molecular flexibility index (Phi) is 5.82. The van der Waals surface area contributed by atoms with Crippen molar-refractivity contribution < 1.29 is 14.1 Å². The summed E-state index contributed by atoms with van der Waals surface area (Å²) in [6.45, 7) is 2.27. The first-order valence-corrected chi connectivity index (χ1v) is 8.27. The highest BCUT2D eigenvalue weighted by atomic mass is 32.2. The smallest absolute Gasteiger partial charge is 0.235 e. The van der Waals surface area contributed by atoms with Crippen molar-refractivity contribution in [2.75, 3.05) is 16.8 Å². The molecular formula is C13H15N3O3S2. The molecule has 8 heteroatoms. The minimum atomic E-state index is -0.209. The highest BCUT2D eigenvalue weighted by Crippen LogP contribution is 2.09. The number of hydrogen-bond acceptors (Lipinski definition) is 6. The third kappa shape index (κ3) is 5.60. The minimum Gasteiger partial charge on any atom is -0.360 e.